The zero-order valence-corrected chi connectivity index (χ0v) is 26.3. The van der Waals surface area contributed by atoms with Crippen molar-refractivity contribution >= 4 is 46.0 Å². The molecular formula is C31H41N3O4S2. The number of aryl methyl sites for hydroxylation is 1. The summed E-state index contributed by atoms with van der Waals surface area (Å²) in [4.78, 5) is 17.9. The van der Waals surface area contributed by atoms with Gasteiger partial charge >= 0.3 is 6.09 Å². The number of benzene rings is 3. The van der Waals surface area contributed by atoms with E-state index in [0.717, 1.165) is 37.2 Å². The van der Waals surface area contributed by atoms with E-state index in [4.69, 9.17) is 24.9 Å². The van der Waals surface area contributed by atoms with E-state index in [2.05, 4.69) is 43.1 Å². The van der Waals surface area contributed by atoms with Crippen LogP contribution in [0.1, 0.15) is 56.8 Å². The van der Waals surface area contributed by atoms with Crippen LogP contribution >= 0.6 is 24.0 Å². The third kappa shape index (κ3) is 10.3. The van der Waals surface area contributed by atoms with Crippen LogP contribution in [-0.4, -0.2) is 30.9 Å². The largest absolute Gasteiger partial charge is 0.497 e. The number of hydrogen-bond donors (Lipinski definition) is 3. The maximum Gasteiger partial charge on any atom is 0.408 e. The fourth-order valence-electron chi connectivity index (χ4n) is 3.57. The Balaban J connectivity index is 0.000000391. The fourth-order valence-corrected chi connectivity index (χ4v) is 4.82. The molecule has 0 aliphatic heterocycles. The molecule has 4 aromatic rings. The van der Waals surface area contributed by atoms with Crippen LogP contribution in [0, 0.1) is 6.92 Å². The summed E-state index contributed by atoms with van der Waals surface area (Å²) in [5, 5.41) is 3.85. The molecule has 1 amide bonds. The van der Waals surface area contributed by atoms with Crippen molar-refractivity contribution in [3.05, 3.63) is 76.8 Å². The highest BCUT2D eigenvalue weighted by Crippen LogP contribution is 2.31. The first-order valence-electron chi connectivity index (χ1n) is 13.1. The second-order valence-corrected chi connectivity index (χ2v) is 11.2. The van der Waals surface area contributed by atoms with Gasteiger partial charge in [0.1, 0.15) is 22.1 Å². The molecule has 0 saturated heterocycles. The number of thiazole rings is 1. The predicted molar refractivity (Wildman–Crippen MR) is 169 cm³/mol. The average molecular weight is 584 g/mol. The van der Waals surface area contributed by atoms with Crippen LogP contribution in [0.25, 0.3) is 10.2 Å². The molecule has 0 spiro atoms. The number of nitrogens with one attached hydrogen (secondary N) is 1. The van der Waals surface area contributed by atoms with Gasteiger partial charge in [0.25, 0.3) is 0 Å². The Morgan fingerprint density at radius 2 is 1.68 bits per heavy atom. The molecule has 9 heteroatoms. The molecule has 0 aliphatic carbocycles. The lowest BCUT2D eigenvalue weighted by Gasteiger charge is -2.23. The number of methoxy groups -OCH3 is 2. The molecule has 1 heterocycles. The number of hydrogen-bond acceptors (Lipinski definition) is 8. The first-order chi connectivity index (χ1) is 19.0. The highest BCUT2D eigenvalue weighted by atomic mass is 32.1. The van der Waals surface area contributed by atoms with Crippen molar-refractivity contribution in [3.8, 4) is 11.5 Å². The van der Waals surface area contributed by atoms with E-state index in [1.165, 1.54) is 5.56 Å². The molecule has 4 rings (SSSR count). The van der Waals surface area contributed by atoms with Crippen molar-refractivity contribution in [3.63, 3.8) is 0 Å². The lowest BCUT2D eigenvalue weighted by atomic mass is 10.0. The molecule has 0 bridgehead atoms. The first kappa shape index (κ1) is 32.8. The van der Waals surface area contributed by atoms with Gasteiger partial charge in [-0.15, -0.1) is 24.0 Å². The summed E-state index contributed by atoms with van der Waals surface area (Å²) in [6.45, 7) is 11.6. The molecule has 40 heavy (non-hydrogen) atoms. The molecule has 7 nitrogen and oxygen atoms in total. The lowest BCUT2D eigenvalue weighted by Crippen LogP contribution is -2.35. The normalized spacial score (nSPS) is 11.3. The number of ether oxygens (including phenoxy) is 3. The summed E-state index contributed by atoms with van der Waals surface area (Å²) >= 11 is 5.67. The monoisotopic (exact) mass is 583 g/mol. The third-order valence-corrected chi connectivity index (χ3v) is 6.88. The van der Waals surface area contributed by atoms with Gasteiger partial charge in [-0.1, -0.05) is 43.7 Å². The maximum absolute atomic E-state index is 12.4. The topological polar surface area (TPSA) is 95.7 Å². The summed E-state index contributed by atoms with van der Waals surface area (Å²) in [6.07, 6.45) is 0.194. The Morgan fingerprint density at radius 3 is 2.27 bits per heavy atom. The highest BCUT2D eigenvalue weighted by Gasteiger charge is 2.23. The van der Waals surface area contributed by atoms with Gasteiger partial charge in [-0.2, -0.15) is 0 Å². The Kier molecular flexibility index (Phi) is 12.6. The van der Waals surface area contributed by atoms with E-state index in [0.29, 0.717) is 12.1 Å². The van der Waals surface area contributed by atoms with Gasteiger partial charge in [0, 0.05) is 10.6 Å². The summed E-state index contributed by atoms with van der Waals surface area (Å²) in [5.41, 5.74) is 8.84. The number of nitrogens with zero attached hydrogens (tertiary/aromatic N) is 1. The Bertz CT molecular complexity index is 1380. The number of carbonyl (C=O) groups is 1. The third-order valence-electron chi connectivity index (χ3n) is 5.36. The smallest absolute Gasteiger partial charge is 0.408 e. The van der Waals surface area contributed by atoms with Gasteiger partial charge in [-0.05, 0) is 76.1 Å². The van der Waals surface area contributed by atoms with Crippen molar-refractivity contribution in [2.75, 3.05) is 20.0 Å². The molecule has 1 atom stereocenters. The summed E-state index contributed by atoms with van der Waals surface area (Å²) in [5.74, 6) is 1.57. The molecular weight excluding hydrogens is 542 g/mol. The predicted octanol–water partition coefficient (Wildman–Crippen LogP) is 8.01. The van der Waals surface area contributed by atoms with Gasteiger partial charge in [0.15, 0.2) is 0 Å². The number of carbonyl (C=O) groups excluding carboxylic acids is 1. The maximum atomic E-state index is 12.4. The lowest BCUT2D eigenvalue weighted by molar-refractivity contribution is 0.0503. The Hall–Kier alpha value is -3.43. The van der Waals surface area contributed by atoms with Crippen molar-refractivity contribution in [2.45, 2.75) is 64.5 Å². The van der Waals surface area contributed by atoms with Gasteiger partial charge in [0.2, 0.25) is 0 Å². The van der Waals surface area contributed by atoms with Gasteiger partial charge in [-0.3, -0.25) is 0 Å². The number of amides is 1. The Labute approximate surface area is 247 Å². The SMILES string of the molecule is CC.COc1ccc(N)c(S)c1.COc1ccc2nc(C(Cc3cccc(C)c3)NC(=O)OC(C)(C)C)sc2c1. The van der Waals surface area contributed by atoms with Crippen LogP contribution in [-0.2, 0) is 11.2 Å². The zero-order chi connectivity index (χ0) is 29.9. The molecule has 1 aromatic heterocycles. The Morgan fingerprint density at radius 1 is 1.02 bits per heavy atom. The van der Waals surface area contributed by atoms with Crippen LogP contribution in [0.4, 0.5) is 10.5 Å². The average Bonchev–Trinajstić information content (AvgIpc) is 3.34. The van der Waals surface area contributed by atoms with Crippen molar-refractivity contribution in [2.24, 2.45) is 0 Å². The minimum absolute atomic E-state index is 0.278. The van der Waals surface area contributed by atoms with E-state index in [1.807, 2.05) is 58.9 Å². The van der Waals surface area contributed by atoms with Crippen LogP contribution in [0.3, 0.4) is 0 Å². The molecule has 0 radical (unpaired) electrons. The van der Waals surface area contributed by atoms with Crippen molar-refractivity contribution < 1.29 is 19.0 Å². The van der Waals surface area contributed by atoms with Crippen molar-refractivity contribution in [1.82, 2.24) is 10.3 Å². The van der Waals surface area contributed by atoms with E-state index < -0.39 is 11.7 Å². The second-order valence-electron chi connectivity index (χ2n) is 9.70. The second kappa shape index (κ2) is 15.4. The molecule has 3 aromatic carbocycles. The summed E-state index contributed by atoms with van der Waals surface area (Å²) in [7, 11) is 3.26. The number of thiol groups is 1. The van der Waals surface area contributed by atoms with E-state index >= 15 is 0 Å². The standard InChI is InChI=1S/C22H26N2O3S.C7H9NOS.C2H6/c1-14-7-6-8-15(11-14)12-18(24-21(25)27-22(2,3)4)20-23-17-10-9-16(26-5)13-19(17)28-20;1-9-5-2-3-6(8)7(10)4-5;1-2/h6-11,13,18H,12H2,1-5H3,(H,24,25);2-4,10H,8H2,1H3;1-2H3. The number of nitrogen functional groups attached to an aromatic ring is 1. The van der Waals surface area contributed by atoms with Crippen LogP contribution in [0.15, 0.2) is 65.6 Å². The molecule has 3 N–H and O–H groups in total. The van der Waals surface area contributed by atoms with E-state index in [1.54, 1.807) is 43.8 Å². The van der Waals surface area contributed by atoms with Gasteiger partial charge in [0.05, 0.1) is 30.5 Å². The van der Waals surface area contributed by atoms with Crippen LogP contribution in [0.2, 0.25) is 0 Å². The zero-order valence-electron chi connectivity index (χ0n) is 24.6. The van der Waals surface area contributed by atoms with Crippen LogP contribution in [0.5, 0.6) is 11.5 Å². The highest BCUT2D eigenvalue weighted by molar-refractivity contribution is 7.80. The molecule has 0 fully saturated rings. The van der Waals surface area contributed by atoms with E-state index in [-0.39, 0.29) is 6.04 Å². The molecule has 1 unspecified atom stereocenters. The number of anilines is 1. The molecule has 0 saturated carbocycles. The minimum Gasteiger partial charge on any atom is -0.497 e. The van der Waals surface area contributed by atoms with Crippen LogP contribution < -0.4 is 20.5 Å². The summed E-state index contributed by atoms with van der Waals surface area (Å²) < 4.78 is 16.7. The number of rotatable bonds is 6. The van der Waals surface area contributed by atoms with Gasteiger partial charge < -0.3 is 25.3 Å². The number of aromatic nitrogens is 1. The fraction of sp³-hybridized carbons (Fsp3) is 0.355. The first-order valence-corrected chi connectivity index (χ1v) is 14.4. The number of fused-ring (bicyclic) bond motifs is 1. The van der Waals surface area contributed by atoms with Gasteiger partial charge in [-0.25, -0.2) is 9.78 Å². The molecule has 216 valence electrons. The van der Waals surface area contributed by atoms with Crippen molar-refractivity contribution in [1.29, 1.82) is 0 Å². The molecule has 0 aliphatic rings. The van der Waals surface area contributed by atoms with E-state index in [9.17, 15) is 4.79 Å². The quantitative estimate of drug-likeness (QED) is 0.157. The minimum atomic E-state index is -0.557. The number of alkyl carbamates (subject to hydrolysis) is 1. The summed E-state index contributed by atoms with van der Waals surface area (Å²) in [6, 6.07) is 19.1. The number of nitrogens with two attached hydrogens (primary N) is 1.